The van der Waals surface area contributed by atoms with Crippen molar-refractivity contribution >= 4 is 0 Å². The van der Waals surface area contributed by atoms with Crippen molar-refractivity contribution in [2.45, 2.75) is 57.4 Å². The van der Waals surface area contributed by atoms with Crippen LogP contribution in [0.15, 0.2) is 42.7 Å². The summed E-state index contributed by atoms with van der Waals surface area (Å²) in [7, 11) is 0. The predicted molar refractivity (Wildman–Crippen MR) is 105 cm³/mol. The number of ether oxygens (including phenoxy) is 1. The first kappa shape index (κ1) is 17.5. The maximum atomic E-state index is 6.01. The van der Waals surface area contributed by atoms with Crippen LogP contribution in [0.25, 0.3) is 0 Å². The smallest absolute Gasteiger partial charge is 0.119 e. The summed E-state index contributed by atoms with van der Waals surface area (Å²) < 4.78 is 6.01. The van der Waals surface area contributed by atoms with Gasteiger partial charge in [-0.25, -0.2) is 0 Å². The van der Waals surface area contributed by atoms with Gasteiger partial charge in [0, 0.05) is 24.4 Å². The molecule has 0 spiro atoms. The average molecular weight is 352 g/mol. The van der Waals surface area contributed by atoms with Crippen LogP contribution in [-0.4, -0.2) is 24.7 Å². The van der Waals surface area contributed by atoms with E-state index >= 15 is 0 Å². The average Bonchev–Trinajstić information content (AvgIpc) is 3.17. The highest BCUT2D eigenvalue weighted by Crippen LogP contribution is 2.26. The number of aryl methyl sites for hydroxylation is 2. The number of fused-ring (bicyclic) bond motifs is 1. The number of piperidine rings is 1. The molecular formula is C23H31N2O+. The number of aromatic nitrogens is 1. The first-order valence-electron chi connectivity index (χ1n) is 10.4. The molecule has 0 bridgehead atoms. The maximum Gasteiger partial charge on any atom is 0.119 e. The molecule has 2 aliphatic rings. The van der Waals surface area contributed by atoms with E-state index < -0.39 is 0 Å². The highest BCUT2D eigenvalue weighted by molar-refractivity contribution is 5.38. The zero-order chi connectivity index (χ0) is 17.6. The molecule has 2 aromatic rings. The standard InChI is InChI=1S/C23H30N2O/c1-2-14-25(23(10-1)21-9-6-13-24-18-21)15-3-4-16-26-22-12-11-19-7-5-8-20(19)17-22/h6,9,11-13,17-18,23H,1-5,7-8,10,14-16H2/p+1/t23-/m1/s1. The van der Waals surface area contributed by atoms with Crippen LogP contribution in [0.1, 0.15) is 61.3 Å². The number of likely N-dealkylation sites (tertiary alicyclic amines) is 1. The Morgan fingerprint density at radius 1 is 1.04 bits per heavy atom. The minimum Gasteiger partial charge on any atom is -0.494 e. The molecule has 1 unspecified atom stereocenters. The van der Waals surface area contributed by atoms with Gasteiger partial charge in [0.25, 0.3) is 0 Å². The molecule has 1 aliphatic carbocycles. The van der Waals surface area contributed by atoms with Crippen LogP contribution in [0.4, 0.5) is 0 Å². The van der Waals surface area contributed by atoms with Gasteiger partial charge in [-0.15, -0.1) is 0 Å². The Kier molecular flexibility index (Phi) is 5.85. The number of quaternary nitrogens is 1. The van der Waals surface area contributed by atoms with Gasteiger partial charge in [0.2, 0.25) is 0 Å². The molecule has 0 radical (unpaired) electrons. The van der Waals surface area contributed by atoms with Crippen molar-refractivity contribution in [3.8, 4) is 5.75 Å². The fourth-order valence-corrected chi connectivity index (χ4v) is 4.64. The number of nitrogens with one attached hydrogen (secondary N) is 1. The Bertz CT molecular complexity index is 701. The third-order valence-corrected chi connectivity index (χ3v) is 6.05. The SMILES string of the molecule is c1cncc([C@H]2CCCC[NH+]2CCCCOc2ccc3c(c2)CCC3)c1. The van der Waals surface area contributed by atoms with Crippen LogP contribution in [0.5, 0.6) is 5.75 Å². The van der Waals surface area contributed by atoms with E-state index in [1.807, 2.05) is 6.20 Å². The molecule has 138 valence electrons. The summed E-state index contributed by atoms with van der Waals surface area (Å²) in [5.74, 6) is 1.06. The van der Waals surface area contributed by atoms with E-state index in [0.717, 1.165) is 18.8 Å². The van der Waals surface area contributed by atoms with Crippen molar-refractivity contribution in [2.24, 2.45) is 0 Å². The third kappa shape index (κ3) is 4.27. The Labute approximate surface area is 157 Å². The lowest BCUT2D eigenvalue weighted by atomic mass is 9.96. The fourth-order valence-electron chi connectivity index (χ4n) is 4.64. The molecule has 1 aliphatic heterocycles. The Morgan fingerprint density at radius 3 is 2.92 bits per heavy atom. The number of nitrogens with zero attached hydrogens (tertiary/aromatic N) is 1. The quantitative estimate of drug-likeness (QED) is 0.773. The van der Waals surface area contributed by atoms with Crippen LogP contribution >= 0.6 is 0 Å². The number of unbranched alkanes of at least 4 members (excludes halogenated alkanes) is 1. The lowest BCUT2D eigenvalue weighted by Gasteiger charge is -2.32. The molecular weight excluding hydrogens is 320 g/mol. The van der Waals surface area contributed by atoms with Gasteiger partial charge in [0.15, 0.2) is 0 Å². The van der Waals surface area contributed by atoms with Crippen LogP contribution < -0.4 is 9.64 Å². The van der Waals surface area contributed by atoms with Crippen LogP contribution in [0, 0.1) is 0 Å². The molecule has 0 amide bonds. The van der Waals surface area contributed by atoms with Crippen molar-refractivity contribution in [2.75, 3.05) is 19.7 Å². The minimum atomic E-state index is 0.634. The zero-order valence-corrected chi connectivity index (χ0v) is 15.8. The highest BCUT2D eigenvalue weighted by Gasteiger charge is 2.27. The second kappa shape index (κ2) is 8.68. The van der Waals surface area contributed by atoms with E-state index in [2.05, 4.69) is 41.5 Å². The maximum absolute atomic E-state index is 6.01. The first-order chi connectivity index (χ1) is 12.9. The molecule has 2 heterocycles. The molecule has 3 nitrogen and oxygen atoms in total. The largest absolute Gasteiger partial charge is 0.494 e. The number of pyridine rings is 1. The molecule has 1 N–H and O–H groups in total. The number of rotatable bonds is 7. The molecule has 2 atom stereocenters. The molecule has 1 saturated heterocycles. The van der Waals surface area contributed by atoms with Crippen LogP contribution in [0.2, 0.25) is 0 Å². The lowest BCUT2D eigenvalue weighted by Crippen LogP contribution is -3.13. The summed E-state index contributed by atoms with van der Waals surface area (Å²) in [6, 6.07) is 11.6. The number of hydrogen-bond donors (Lipinski definition) is 1. The Morgan fingerprint density at radius 2 is 2.00 bits per heavy atom. The molecule has 1 fully saturated rings. The Balaban J connectivity index is 1.22. The highest BCUT2D eigenvalue weighted by atomic mass is 16.5. The van der Waals surface area contributed by atoms with E-state index in [-0.39, 0.29) is 0 Å². The van der Waals surface area contributed by atoms with Crippen LogP contribution in [-0.2, 0) is 12.8 Å². The van der Waals surface area contributed by atoms with Gasteiger partial charge in [-0.3, -0.25) is 4.98 Å². The van der Waals surface area contributed by atoms with Gasteiger partial charge in [-0.1, -0.05) is 12.1 Å². The number of hydrogen-bond acceptors (Lipinski definition) is 2. The minimum absolute atomic E-state index is 0.634. The van der Waals surface area contributed by atoms with Gasteiger partial charge < -0.3 is 9.64 Å². The summed E-state index contributed by atoms with van der Waals surface area (Å²) in [6.07, 6.45) is 14.1. The zero-order valence-electron chi connectivity index (χ0n) is 15.8. The topological polar surface area (TPSA) is 26.6 Å². The van der Waals surface area contributed by atoms with Crippen molar-refractivity contribution in [1.82, 2.24) is 4.98 Å². The van der Waals surface area contributed by atoms with E-state index in [1.54, 1.807) is 4.90 Å². The van der Waals surface area contributed by atoms with E-state index in [1.165, 1.54) is 74.7 Å². The molecule has 26 heavy (non-hydrogen) atoms. The van der Waals surface area contributed by atoms with Crippen molar-refractivity contribution in [3.05, 3.63) is 59.4 Å². The summed E-state index contributed by atoms with van der Waals surface area (Å²) in [6.45, 7) is 3.38. The molecule has 3 heteroatoms. The molecule has 1 aromatic heterocycles. The predicted octanol–water partition coefficient (Wildman–Crippen LogP) is 3.54. The summed E-state index contributed by atoms with van der Waals surface area (Å²) in [4.78, 5) is 6.07. The monoisotopic (exact) mass is 351 g/mol. The summed E-state index contributed by atoms with van der Waals surface area (Å²) >= 11 is 0. The second-order valence-electron chi connectivity index (χ2n) is 7.83. The lowest BCUT2D eigenvalue weighted by molar-refractivity contribution is -0.937. The van der Waals surface area contributed by atoms with Gasteiger partial charge in [-0.05, 0) is 74.3 Å². The Hall–Kier alpha value is -1.87. The third-order valence-electron chi connectivity index (χ3n) is 6.05. The summed E-state index contributed by atoms with van der Waals surface area (Å²) in [5, 5.41) is 0. The van der Waals surface area contributed by atoms with Gasteiger partial charge in [-0.2, -0.15) is 0 Å². The van der Waals surface area contributed by atoms with Gasteiger partial charge >= 0.3 is 0 Å². The van der Waals surface area contributed by atoms with Crippen LogP contribution in [0.3, 0.4) is 0 Å². The van der Waals surface area contributed by atoms with Crippen molar-refractivity contribution in [3.63, 3.8) is 0 Å². The second-order valence-corrected chi connectivity index (χ2v) is 7.83. The molecule has 1 aromatic carbocycles. The van der Waals surface area contributed by atoms with Gasteiger partial charge in [0.1, 0.15) is 11.8 Å². The fraction of sp³-hybridized carbons (Fsp3) is 0.522. The van der Waals surface area contributed by atoms with Crippen molar-refractivity contribution in [1.29, 1.82) is 0 Å². The number of benzene rings is 1. The van der Waals surface area contributed by atoms with E-state index in [0.29, 0.717) is 6.04 Å². The van der Waals surface area contributed by atoms with Gasteiger partial charge in [0.05, 0.1) is 19.7 Å². The molecule has 0 saturated carbocycles. The summed E-state index contributed by atoms with van der Waals surface area (Å²) in [5.41, 5.74) is 4.43. The molecule has 4 rings (SSSR count). The van der Waals surface area contributed by atoms with E-state index in [4.69, 9.17) is 4.74 Å². The van der Waals surface area contributed by atoms with E-state index in [9.17, 15) is 0 Å². The normalized spacial score (nSPS) is 22.2. The first-order valence-corrected chi connectivity index (χ1v) is 10.4. The van der Waals surface area contributed by atoms with Crippen molar-refractivity contribution < 1.29 is 9.64 Å².